The second kappa shape index (κ2) is 3.19. The van der Waals surface area contributed by atoms with Gasteiger partial charge in [-0.25, -0.2) is 13.3 Å². The molecule has 0 atom stereocenters. The molecule has 0 aromatic heterocycles. The predicted octanol–water partition coefficient (Wildman–Crippen LogP) is 1.95. The fraction of sp³-hybridized carbons (Fsp3) is 0.222. The van der Waals surface area contributed by atoms with Crippen molar-refractivity contribution in [3.05, 3.63) is 35.2 Å². The third-order valence-corrected chi connectivity index (χ3v) is 2.76. The van der Waals surface area contributed by atoms with Crippen molar-refractivity contribution in [1.29, 1.82) is 0 Å². The summed E-state index contributed by atoms with van der Waals surface area (Å²) in [6.07, 6.45) is 1.11. The minimum atomic E-state index is -3.28. The summed E-state index contributed by atoms with van der Waals surface area (Å²) in [6.45, 7) is 8.59. The Morgan fingerprint density at radius 2 is 2.00 bits per heavy atom. The molecule has 68 valence electrons. The number of hydrogen-bond acceptors (Lipinski definition) is 2. The van der Waals surface area contributed by atoms with Crippen LogP contribution >= 0.6 is 0 Å². The molecule has 0 saturated carbocycles. The Morgan fingerprint density at radius 3 is 2.46 bits per heavy atom. The van der Waals surface area contributed by atoms with Gasteiger partial charge in [0.25, 0.3) is 0 Å². The number of benzene rings is 1. The van der Waals surface area contributed by atoms with Crippen molar-refractivity contribution in [3.63, 3.8) is 0 Å². The maximum Gasteiger partial charge on any atom is 0.205 e. The first-order chi connectivity index (χ1) is 5.95. The van der Waals surface area contributed by atoms with Crippen molar-refractivity contribution in [2.24, 2.45) is 0 Å². The number of rotatable bonds is 1. The number of hydrogen-bond donors (Lipinski definition) is 0. The van der Waals surface area contributed by atoms with Gasteiger partial charge in [-0.15, -0.1) is 0 Å². The molecule has 13 heavy (non-hydrogen) atoms. The Morgan fingerprint density at radius 1 is 1.38 bits per heavy atom. The Kier molecular flexibility index (Phi) is 2.39. The first-order valence-corrected chi connectivity index (χ1v) is 5.52. The lowest BCUT2D eigenvalue weighted by Crippen LogP contribution is -1.97. The van der Waals surface area contributed by atoms with Crippen LogP contribution in [0.1, 0.15) is 5.56 Å². The highest BCUT2D eigenvalue weighted by Gasteiger charge is 2.12. The smallest absolute Gasteiger partial charge is 0.205 e. The molecule has 0 bridgehead atoms. The standard InChI is InChI=1S/C9H9NO2S/c1-7-4-5-8(10-2)9(6-7)13(3,11)12/h4-6H,1,3H3. The van der Waals surface area contributed by atoms with Crippen molar-refractivity contribution in [2.75, 3.05) is 6.26 Å². The monoisotopic (exact) mass is 195 g/mol. The van der Waals surface area contributed by atoms with E-state index in [-0.39, 0.29) is 10.6 Å². The van der Waals surface area contributed by atoms with Gasteiger partial charge < -0.3 is 0 Å². The third kappa shape index (κ3) is 2.07. The molecule has 1 aromatic rings. The molecule has 0 radical (unpaired) electrons. The van der Waals surface area contributed by atoms with Crippen LogP contribution in [-0.4, -0.2) is 14.7 Å². The molecule has 1 aromatic carbocycles. The third-order valence-electron chi connectivity index (χ3n) is 1.64. The largest absolute Gasteiger partial charge is 0.237 e. The summed E-state index contributed by atoms with van der Waals surface area (Å²) < 4.78 is 22.4. The fourth-order valence-electron chi connectivity index (χ4n) is 1.01. The second-order valence-electron chi connectivity index (χ2n) is 2.86. The average Bonchev–Trinajstić information content (AvgIpc) is 2.03. The average molecular weight is 195 g/mol. The summed E-state index contributed by atoms with van der Waals surface area (Å²) >= 11 is 0. The van der Waals surface area contributed by atoms with Crippen molar-refractivity contribution >= 4 is 15.5 Å². The van der Waals surface area contributed by atoms with E-state index in [4.69, 9.17) is 6.57 Å². The number of sulfone groups is 1. The second-order valence-corrected chi connectivity index (χ2v) is 4.84. The lowest BCUT2D eigenvalue weighted by molar-refractivity contribution is 0.602. The van der Waals surface area contributed by atoms with Crippen LogP contribution in [0.3, 0.4) is 0 Å². The van der Waals surface area contributed by atoms with E-state index < -0.39 is 9.84 Å². The van der Waals surface area contributed by atoms with E-state index in [9.17, 15) is 8.42 Å². The van der Waals surface area contributed by atoms with E-state index in [0.717, 1.165) is 11.8 Å². The molecule has 0 heterocycles. The van der Waals surface area contributed by atoms with Gasteiger partial charge in [-0.3, -0.25) is 0 Å². The van der Waals surface area contributed by atoms with Gasteiger partial charge in [0.15, 0.2) is 9.84 Å². The molecule has 0 aliphatic carbocycles. The van der Waals surface area contributed by atoms with E-state index in [0.29, 0.717) is 0 Å². The van der Waals surface area contributed by atoms with Crippen molar-refractivity contribution in [2.45, 2.75) is 11.8 Å². The minimum Gasteiger partial charge on any atom is -0.237 e. The molecule has 4 heteroatoms. The van der Waals surface area contributed by atoms with Gasteiger partial charge in [0.2, 0.25) is 5.69 Å². The number of aryl methyl sites for hydroxylation is 1. The zero-order valence-corrected chi connectivity index (χ0v) is 8.22. The Labute approximate surface area is 77.8 Å². The highest BCUT2D eigenvalue weighted by Crippen LogP contribution is 2.24. The van der Waals surface area contributed by atoms with Gasteiger partial charge in [0.05, 0.1) is 11.5 Å². The van der Waals surface area contributed by atoms with Crippen LogP contribution in [0.5, 0.6) is 0 Å². The normalized spacial score (nSPS) is 10.8. The van der Waals surface area contributed by atoms with Gasteiger partial charge in [-0.1, -0.05) is 23.8 Å². The van der Waals surface area contributed by atoms with E-state index in [2.05, 4.69) is 4.85 Å². The fourth-order valence-corrected chi connectivity index (χ4v) is 1.90. The Bertz CT molecular complexity index is 469. The topological polar surface area (TPSA) is 38.5 Å². The molecule has 0 spiro atoms. The van der Waals surface area contributed by atoms with Crippen LogP contribution in [0.15, 0.2) is 23.1 Å². The summed E-state index contributed by atoms with van der Waals surface area (Å²) in [5.41, 5.74) is 1.03. The zero-order valence-electron chi connectivity index (χ0n) is 7.40. The minimum absolute atomic E-state index is 0.113. The molecule has 0 unspecified atom stereocenters. The Balaban J connectivity index is 3.53. The molecule has 0 amide bonds. The Hall–Kier alpha value is -1.34. The zero-order chi connectivity index (χ0) is 10.1. The molecule has 1 rings (SSSR count). The predicted molar refractivity (Wildman–Crippen MR) is 50.6 cm³/mol. The maximum absolute atomic E-state index is 11.2. The lowest BCUT2D eigenvalue weighted by Gasteiger charge is -2.01. The van der Waals surface area contributed by atoms with Crippen LogP contribution in [0.2, 0.25) is 0 Å². The van der Waals surface area contributed by atoms with E-state index in [1.54, 1.807) is 13.0 Å². The van der Waals surface area contributed by atoms with E-state index >= 15 is 0 Å². The first-order valence-electron chi connectivity index (χ1n) is 3.63. The van der Waals surface area contributed by atoms with Crippen LogP contribution in [0.25, 0.3) is 4.85 Å². The van der Waals surface area contributed by atoms with E-state index in [1.165, 1.54) is 12.1 Å². The molecule has 0 N–H and O–H groups in total. The highest BCUT2D eigenvalue weighted by molar-refractivity contribution is 7.90. The molecule has 0 saturated heterocycles. The van der Waals surface area contributed by atoms with Crippen molar-refractivity contribution in [1.82, 2.24) is 0 Å². The molecule has 0 aliphatic rings. The van der Waals surface area contributed by atoms with Gasteiger partial charge in [-0.2, -0.15) is 0 Å². The number of nitrogens with zero attached hydrogens (tertiary/aromatic N) is 1. The SMILES string of the molecule is [C-]#[N+]c1ccc(C)cc1S(C)(=O)=O. The highest BCUT2D eigenvalue weighted by atomic mass is 32.2. The summed E-state index contributed by atoms with van der Waals surface area (Å²) in [4.78, 5) is 3.26. The molecule has 3 nitrogen and oxygen atoms in total. The van der Waals surface area contributed by atoms with Crippen LogP contribution in [0.4, 0.5) is 5.69 Å². The van der Waals surface area contributed by atoms with Gasteiger partial charge in [-0.05, 0) is 6.92 Å². The van der Waals surface area contributed by atoms with Gasteiger partial charge in [0, 0.05) is 6.26 Å². The molecule has 0 aliphatic heterocycles. The summed E-state index contributed by atoms with van der Waals surface area (Å²) in [7, 11) is -3.28. The first kappa shape index (κ1) is 9.75. The van der Waals surface area contributed by atoms with E-state index in [1.807, 2.05) is 0 Å². The lowest BCUT2D eigenvalue weighted by atomic mass is 10.2. The van der Waals surface area contributed by atoms with Gasteiger partial charge >= 0.3 is 0 Å². The maximum atomic E-state index is 11.2. The summed E-state index contributed by atoms with van der Waals surface area (Å²) in [5, 5.41) is 0. The summed E-state index contributed by atoms with van der Waals surface area (Å²) in [5.74, 6) is 0. The van der Waals surface area contributed by atoms with Gasteiger partial charge in [0.1, 0.15) is 0 Å². The summed E-state index contributed by atoms with van der Waals surface area (Å²) in [6, 6.07) is 4.77. The van der Waals surface area contributed by atoms with Crippen molar-refractivity contribution in [3.8, 4) is 0 Å². The quantitative estimate of drug-likeness (QED) is 0.642. The molecular weight excluding hydrogens is 186 g/mol. The molecular formula is C9H9NO2S. The molecule has 0 fully saturated rings. The van der Waals surface area contributed by atoms with Crippen molar-refractivity contribution < 1.29 is 8.42 Å². The van der Waals surface area contributed by atoms with Crippen LogP contribution in [0, 0.1) is 13.5 Å². The van der Waals surface area contributed by atoms with Crippen LogP contribution in [-0.2, 0) is 9.84 Å². The van der Waals surface area contributed by atoms with Crippen LogP contribution < -0.4 is 0 Å².